The molecule has 2 aliphatic rings. The van der Waals surface area contributed by atoms with Crippen molar-refractivity contribution in [1.82, 2.24) is 0 Å². The second-order valence-corrected chi connectivity index (χ2v) is 5.10. The Morgan fingerprint density at radius 2 is 1.94 bits per heavy atom. The maximum atomic E-state index is 10.2. The van der Waals surface area contributed by atoms with E-state index in [9.17, 15) is 10.2 Å². The molecule has 2 atom stereocenters. The fourth-order valence-corrected chi connectivity index (χ4v) is 2.84. The summed E-state index contributed by atoms with van der Waals surface area (Å²) in [5.41, 5.74) is 0.962. The SMILES string of the molecule is Oc1ccc2c(c1)O[C@H](C1CCOCC1)[C@H](O)C2. The van der Waals surface area contributed by atoms with E-state index in [1.54, 1.807) is 12.1 Å². The molecule has 0 amide bonds. The van der Waals surface area contributed by atoms with Gasteiger partial charge in [-0.25, -0.2) is 0 Å². The van der Waals surface area contributed by atoms with Crippen LogP contribution >= 0.6 is 0 Å². The van der Waals surface area contributed by atoms with Crippen LogP contribution in [0.25, 0.3) is 0 Å². The van der Waals surface area contributed by atoms with Crippen LogP contribution in [0.1, 0.15) is 18.4 Å². The van der Waals surface area contributed by atoms with E-state index >= 15 is 0 Å². The molecule has 98 valence electrons. The lowest BCUT2D eigenvalue weighted by Crippen LogP contribution is -2.44. The van der Waals surface area contributed by atoms with Crippen molar-refractivity contribution in [3.05, 3.63) is 23.8 Å². The van der Waals surface area contributed by atoms with E-state index in [4.69, 9.17) is 9.47 Å². The molecule has 4 nitrogen and oxygen atoms in total. The summed E-state index contributed by atoms with van der Waals surface area (Å²) in [5.74, 6) is 1.25. The zero-order chi connectivity index (χ0) is 12.5. The van der Waals surface area contributed by atoms with E-state index in [0.29, 0.717) is 18.1 Å². The lowest BCUT2D eigenvalue weighted by Gasteiger charge is -2.37. The summed E-state index contributed by atoms with van der Waals surface area (Å²) in [5, 5.41) is 19.7. The number of aliphatic hydroxyl groups excluding tert-OH is 1. The van der Waals surface area contributed by atoms with Crippen molar-refractivity contribution in [2.75, 3.05) is 13.2 Å². The standard InChI is InChI=1S/C14H18O4/c15-11-2-1-10-7-12(16)14(18-13(10)8-11)9-3-5-17-6-4-9/h1-2,8-9,12,14-16H,3-7H2/t12-,14-/m1/s1. The van der Waals surface area contributed by atoms with Crippen LogP contribution in [0.4, 0.5) is 0 Å². The van der Waals surface area contributed by atoms with E-state index in [0.717, 1.165) is 31.6 Å². The lowest BCUT2D eigenvalue weighted by molar-refractivity contribution is -0.0482. The van der Waals surface area contributed by atoms with Crippen LogP contribution in [0, 0.1) is 5.92 Å². The first-order valence-electron chi connectivity index (χ1n) is 6.48. The topological polar surface area (TPSA) is 58.9 Å². The molecular formula is C14H18O4. The van der Waals surface area contributed by atoms with Gasteiger partial charge >= 0.3 is 0 Å². The summed E-state index contributed by atoms with van der Waals surface area (Å²) in [4.78, 5) is 0. The molecule has 0 radical (unpaired) electrons. The van der Waals surface area contributed by atoms with Gasteiger partial charge in [0, 0.05) is 31.6 Å². The number of phenolic OH excluding ortho intramolecular Hbond substituents is 1. The number of rotatable bonds is 1. The molecule has 2 aliphatic heterocycles. The van der Waals surface area contributed by atoms with E-state index in [2.05, 4.69) is 0 Å². The third kappa shape index (κ3) is 2.18. The van der Waals surface area contributed by atoms with Gasteiger partial charge in [0.1, 0.15) is 17.6 Å². The quantitative estimate of drug-likeness (QED) is 0.792. The highest BCUT2D eigenvalue weighted by atomic mass is 16.5. The molecule has 0 saturated carbocycles. The Balaban J connectivity index is 1.81. The van der Waals surface area contributed by atoms with Gasteiger partial charge in [-0.2, -0.15) is 0 Å². The predicted molar refractivity (Wildman–Crippen MR) is 65.8 cm³/mol. The third-order valence-electron chi connectivity index (χ3n) is 3.85. The summed E-state index contributed by atoms with van der Waals surface area (Å²) >= 11 is 0. The number of benzene rings is 1. The minimum absolute atomic E-state index is 0.178. The normalized spacial score (nSPS) is 28.5. The Hall–Kier alpha value is -1.26. The molecule has 4 heteroatoms. The van der Waals surface area contributed by atoms with Gasteiger partial charge in [-0.1, -0.05) is 6.07 Å². The van der Waals surface area contributed by atoms with Gasteiger partial charge < -0.3 is 19.7 Å². The van der Waals surface area contributed by atoms with Crippen LogP contribution in [0.3, 0.4) is 0 Å². The van der Waals surface area contributed by atoms with Crippen molar-refractivity contribution in [1.29, 1.82) is 0 Å². The fraction of sp³-hybridized carbons (Fsp3) is 0.571. The van der Waals surface area contributed by atoms with Gasteiger partial charge in [0.15, 0.2) is 0 Å². The molecule has 0 aliphatic carbocycles. The second-order valence-electron chi connectivity index (χ2n) is 5.10. The van der Waals surface area contributed by atoms with Crippen LogP contribution in [-0.2, 0) is 11.2 Å². The van der Waals surface area contributed by atoms with Gasteiger partial charge in [-0.3, -0.25) is 0 Å². The molecule has 2 heterocycles. The van der Waals surface area contributed by atoms with Crippen molar-refractivity contribution in [2.45, 2.75) is 31.5 Å². The Bertz CT molecular complexity index is 426. The first-order chi connectivity index (χ1) is 8.74. The van der Waals surface area contributed by atoms with Crippen LogP contribution in [0.5, 0.6) is 11.5 Å². The average Bonchev–Trinajstić information content (AvgIpc) is 2.39. The van der Waals surface area contributed by atoms with Crippen LogP contribution in [0.2, 0.25) is 0 Å². The summed E-state index contributed by atoms with van der Waals surface area (Å²) in [6, 6.07) is 5.07. The summed E-state index contributed by atoms with van der Waals surface area (Å²) < 4.78 is 11.2. The van der Waals surface area contributed by atoms with Gasteiger partial charge in [-0.15, -0.1) is 0 Å². The maximum Gasteiger partial charge on any atom is 0.128 e. The number of aromatic hydroxyl groups is 1. The zero-order valence-electron chi connectivity index (χ0n) is 10.2. The number of fused-ring (bicyclic) bond motifs is 1. The molecule has 18 heavy (non-hydrogen) atoms. The van der Waals surface area contributed by atoms with Gasteiger partial charge in [0.25, 0.3) is 0 Å². The Kier molecular flexibility index (Phi) is 3.14. The van der Waals surface area contributed by atoms with Crippen molar-refractivity contribution in [2.24, 2.45) is 5.92 Å². The Morgan fingerprint density at radius 1 is 1.17 bits per heavy atom. The molecule has 0 spiro atoms. The van der Waals surface area contributed by atoms with Gasteiger partial charge in [0.05, 0.1) is 6.10 Å². The molecule has 1 fully saturated rings. The van der Waals surface area contributed by atoms with E-state index in [1.165, 1.54) is 0 Å². The number of phenols is 1. The van der Waals surface area contributed by atoms with E-state index in [1.807, 2.05) is 6.07 Å². The Labute approximate surface area is 106 Å². The first-order valence-corrected chi connectivity index (χ1v) is 6.48. The first kappa shape index (κ1) is 11.8. The molecule has 2 N–H and O–H groups in total. The van der Waals surface area contributed by atoms with Crippen LogP contribution < -0.4 is 4.74 Å². The molecule has 0 aromatic heterocycles. The Morgan fingerprint density at radius 3 is 2.72 bits per heavy atom. The summed E-state index contributed by atoms with van der Waals surface area (Å²) in [6.45, 7) is 1.48. The molecule has 0 unspecified atom stereocenters. The predicted octanol–water partition coefficient (Wildman–Crippen LogP) is 1.48. The molecule has 1 aromatic carbocycles. The second kappa shape index (κ2) is 4.78. The van der Waals surface area contributed by atoms with Crippen molar-refractivity contribution >= 4 is 0 Å². The minimum Gasteiger partial charge on any atom is -0.508 e. The average molecular weight is 250 g/mol. The summed E-state index contributed by atoms with van der Waals surface area (Å²) in [6.07, 6.45) is 1.80. The number of ether oxygens (including phenoxy) is 2. The molecule has 1 aromatic rings. The third-order valence-corrected chi connectivity index (χ3v) is 3.85. The number of hydrogen-bond donors (Lipinski definition) is 2. The molecule has 0 bridgehead atoms. The highest BCUT2D eigenvalue weighted by Gasteiger charge is 2.35. The van der Waals surface area contributed by atoms with E-state index in [-0.39, 0.29) is 11.9 Å². The molecule has 3 rings (SSSR count). The van der Waals surface area contributed by atoms with Crippen LogP contribution in [-0.4, -0.2) is 35.6 Å². The van der Waals surface area contributed by atoms with Crippen LogP contribution in [0.15, 0.2) is 18.2 Å². The molecule has 1 saturated heterocycles. The zero-order valence-corrected chi connectivity index (χ0v) is 10.2. The highest BCUT2D eigenvalue weighted by molar-refractivity contribution is 5.42. The van der Waals surface area contributed by atoms with Gasteiger partial charge in [-0.05, 0) is 24.5 Å². The smallest absolute Gasteiger partial charge is 0.128 e. The minimum atomic E-state index is -0.467. The van der Waals surface area contributed by atoms with E-state index < -0.39 is 6.10 Å². The summed E-state index contributed by atoms with van der Waals surface area (Å²) in [7, 11) is 0. The lowest BCUT2D eigenvalue weighted by atomic mass is 9.86. The van der Waals surface area contributed by atoms with Crippen molar-refractivity contribution in [3.63, 3.8) is 0 Å². The maximum absolute atomic E-state index is 10.2. The largest absolute Gasteiger partial charge is 0.508 e. The molecular weight excluding hydrogens is 232 g/mol. The monoisotopic (exact) mass is 250 g/mol. The fourth-order valence-electron chi connectivity index (χ4n) is 2.84. The van der Waals surface area contributed by atoms with Crippen molar-refractivity contribution in [3.8, 4) is 11.5 Å². The van der Waals surface area contributed by atoms with Gasteiger partial charge in [0.2, 0.25) is 0 Å². The number of aliphatic hydroxyl groups is 1. The van der Waals surface area contributed by atoms with Crippen molar-refractivity contribution < 1.29 is 19.7 Å². The highest BCUT2D eigenvalue weighted by Crippen LogP contribution is 2.35. The number of hydrogen-bond acceptors (Lipinski definition) is 4.